The molecule has 5 nitrogen and oxygen atoms in total. The largest absolute Gasteiger partial charge is 0.504 e. The van der Waals surface area contributed by atoms with Crippen molar-refractivity contribution in [2.75, 3.05) is 4.90 Å². The summed E-state index contributed by atoms with van der Waals surface area (Å²) in [7, 11) is 0. The quantitative estimate of drug-likeness (QED) is 0.796. The normalized spacial score (nSPS) is 16.7. The van der Waals surface area contributed by atoms with Gasteiger partial charge in [0, 0.05) is 17.3 Å². The van der Waals surface area contributed by atoms with Gasteiger partial charge in [0.2, 0.25) is 5.88 Å². The van der Waals surface area contributed by atoms with Crippen molar-refractivity contribution in [3.8, 4) is 17.4 Å². The molecule has 0 unspecified atom stereocenters. The van der Waals surface area contributed by atoms with Crippen molar-refractivity contribution in [2.45, 2.75) is 25.7 Å². The number of phenolic OH excluding ortho intramolecular Hbond substituents is 1. The molecular formula is C20H16ClFN2O3. The van der Waals surface area contributed by atoms with E-state index in [1.807, 2.05) is 0 Å². The van der Waals surface area contributed by atoms with Crippen LogP contribution in [-0.4, -0.2) is 16.0 Å². The fourth-order valence-corrected chi connectivity index (χ4v) is 3.57. The number of aromatic nitrogens is 1. The molecule has 1 N–H and O–H groups in total. The van der Waals surface area contributed by atoms with Crippen molar-refractivity contribution in [1.29, 1.82) is 0 Å². The molecule has 138 valence electrons. The van der Waals surface area contributed by atoms with E-state index in [4.69, 9.17) is 16.3 Å². The third kappa shape index (κ3) is 2.96. The number of rotatable bonds is 3. The maximum atomic E-state index is 14.6. The van der Waals surface area contributed by atoms with Crippen LogP contribution in [-0.2, 0) is 4.79 Å². The van der Waals surface area contributed by atoms with Gasteiger partial charge in [-0.3, -0.25) is 9.69 Å². The second-order valence-corrected chi connectivity index (χ2v) is 6.81. The summed E-state index contributed by atoms with van der Waals surface area (Å²) in [6, 6.07) is 7.30. The number of anilines is 1. The maximum Gasteiger partial charge on any atom is 0.260 e. The highest BCUT2D eigenvalue weighted by atomic mass is 35.5. The summed E-state index contributed by atoms with van der Waals surface area (Å²) < 4.78 is 20.2. The topological polar surface area (TPSA) is 62.7 Å². The molecule has 1 amide bonds. The first-order chi connectivity index (χ1) is 13.0. The molecule has 1 aliphatic carbocycles. The molecule has 0 saturated heterocycles. The molecule has 1 aromatic heterocycles. The van der Waals surface area contributed by atoms with Crippen molar-refractivity contribution < 1.29 is 19.0 Å². The second-order valence-electron chi connectivity index (χ2n) is 6.40. The summed E-state index contributed by atoms with van der Waals surface area (Å²) in [5.74, 6) is -1.38. The van der Waals surface area contributed by atoms with Gasteiger partial charge in [-0.05, 0) is 43.4 Å². The molecule has 0 saturated carbocycles. The Balaban J connectivity index is 1.73. The Bertz CT molecular complexity index is 975. The molecule has 2 aliphatic rings. The molecule has 0 spiro atoms. The summed E-state index contributed by atoms with van der Waals surface area (Å²) >= 11 is 6.06. The lowest BCUT2D eigenvalue weighted by Crippen LogP contribution is -2.27. The predicted molar refractivity (Wildman–Crippen MR) is 99.5 cm³/mol. The molecule has 0 fully saturated rings. The van der Waals surface area contributed by atoms with Crippen LogP contribution in [0.15, 0.2) is 53.8 Å². The van der Waals surface area contributed by atoms with Crippen LogP contribution in [0.25, 0.3) is 0 Å². The minimum absolute atomic E-state index is 0.0746. The Labute approximate surface area is 160 Å². The predicted octanol–water partition coefficient (Wildman–Crippen LogP) is 5.10. The minimum atomic E-state index is -0.751. The van der Waals surface area contributed by atoms with Gasteiger partial charge >= 0.3 is 0 Å². The molecule has 1 aliphatic heterocycles. The third-order valence-corrected chi connectivity index (χ3v) is 4.98. The number of carbonyl (C=O) groups is 1. The highest BCUT2D eigenvalue weighted by molar-refractivity contribution is 6.32. The average molecular weight is 387 g/mol. The molecule has 27 heavy (non-hydrogen) atoms. The average Bonchev–Trinajstić information content (AvgIpc) is 2.91. The lowest BCUT2D eigenvalue weighted by atomic mass is 9.93. The van der Waals surface area contributed by atoms with Gasteiger partial charge in [-0.25, -0.2) is 4.39 Å². The summed E-state index contributed by atoms with van der Waals surface area (Å²) in [5.41, 5.74) is 1.98. The van der Waals surface area contributed by atoms with Gasteiger partial charge in [0.1, 0.15) is 5.02 Å². The number of ether oxygens (including phenoxy) is 1. The van der Waals surface area contributed by atoms with E-state index in [9.17, 15) is 14.3 Å². The van der Waals surface area contributed by atoms with Crippen LogP contribution in [0.3, 0.4) is 0 Å². The highest BCUT2D eigenvalue weighted by Gasteiger charge is 2.38. The minimum Gasteiger partial charge on any atom is -0.504 e. The van der Waals surface area contributed by atoms with Crippen LogP contribution in [0, 0.1) is 5.82 Å². The molecular weight excluding hydrogens is 371 g/mol. The Morgan fingerprint density at radius 1 is 1.22 bits per heavy atom. The number of allylic oxidation sites excluding steroid dienone is 1. The van der Waals surface area contributed by atoms with Crippen LogP contribution in [0.4, 0.5) is 10.2 Å². The second kappa shape index (κ2) is 6.70. The van der Waals surface area contributed by atoms with Crippen molar-refractivity contribution in [3.05, 3.63) is 64.6 Å². The van der Waals surface area contributed by atoms with Crippen LogP contribution in [0.5, 0.6) is 17.4 Å². The number of para-hydroxylation sites is 2. The number of amides is 1. The molecule has 1 aromatic carbocycles. The van der Waals surface area contributed by atoms with E-state index in [-0.39, 0.29) is 34.1 Å². The molecule has 7 heteroatoms. The molecule has 2 heterocycles. The molecule has 0 bridgehead atoms. The lowest BCUT2D eigenvalue weighted by Gasteiger charge is -2.20. The van der Waals surface area contributed by atoms with Crippen molar-refractivity contribution in [1.82, 2.24) is 4.98 Å². The first kappa shape index (κ1) is 17.5. The van der Waals surface area contributed by atoms with E-state index in [0.717, 1.165) is 30.9 Å². The van der Waals surface area contributed by atoms with Crippen molar-refractivity contribution in [3.63, 3.8) is 0 Å². The van der Waals surface area contributed by atoms with Crippen LogP contribution < -0.4 is 9.64 Å². The summed E-state index contributed by atoms with van der Waals surface area (Å²) in [6.45, 7) is 3.96. The van der Waals surface area contributed by atoms with E-state index in [1.54, 1.807) is 12.1 Å². The molecule has 4 rings (SSSR count). The number of hydrogen-bond donors (Lipinski definition) is 1. The summed E-state index contributed by atoms with van der Waals surface area (Å²) in [6.07, 6.45) is 3.29. The van der Waals surface area contributed by atoms with Gasteiger partial charge in [-0.2, -0.15) is 4.98 Å². The third-order valence-electron chi connectivity index (χ3n) is 4.71. The number of pyridine rings is 1. The first-order valence-electron chi connectivity index (χ1n) is 8.55. The smallest absolute Gasteiger partial charge is 0.260 e. The van der Waals surface area contributed by atoms with Gasteiger partial charge < -0.3 is 9.84 Å². The number of aromatic hydroxyl groups is 1. The lowest BCUT2D eigenvalue weighted by molar-refractivity contribution is -0.114. The maximum absolute atomic E-state index is 14.6. The zero-order valence-electron chi connectivity index (χ0n) is 14.3. The molecule has 0 radical (unpaired) electrons. The summed E-state index contributed by atoms with van der Waals surface area (Å²) in [4.78, 5) is 18.1. The highest BCUT2D eigenvalue weighted by Crippen LogP contribution is 2.42. The number of benzene rings is 1. The van der Waals surface area contributed by atoms with Crippen LogP contribution >= 0.6 is 11.6 Å². The van der Waals surface area contributed by atoms with E-state index in [0.29, 0.717) is 17.7 Å². The Morgan fingerprint density at radius 3 is 2.63 bits per heavy atom. The number of hydrogen-bond acceptors (Lipinski definition) is 4. The Kier molecular flexibility index (Phi) is 4.36. The van der Waals surface area contributed by atoms with Crippen LogP contribution in [0.2, 0.25) is 5.02 Å². The zero-order chi connectivity index (χ0) is 19.1. The Hall–Kier alpha value is -2.86. The molecule has 0 atom stereocenters. The monoisotopic (exact) mass is 386 g/mol. The fourth-order valence-electron chi connectivity index (χ4n) is 3.39. The van der Waals surface area contributed by atoms with E-state index >= 15 is 0 Å². The number of nitrogens with zero attached hydrogens (tertiary/aromatic N) is 2. The zero-order valence-corrected chi connectivity index (χ0v) is 15.1. The Morgan fingerprint density at radius 2 is 1.93 bits per heavy atom. The van der Waals surface area contributed by atoms with Crippen LogP contribution in [0.1, 0.15) is 25.7 Å². The SMILES string of the molecule is C=C1C2=C(CCCC2)C(=O)N1c1nc(Oc2ccccc2O)c(Cl)cc1F. The number of phenols is 1. The van der Waals surface area contributed by atoms with E-state index in [1.165, 1.54) is 17.0 Å². The van der Waals surface area contributed by atoms with Gasteiger partial charge in [0.05, 0.1) is 0 Å². The van der Waals surface area contributed by atoms with Crippen molar-refractivity contribution in [2.24, 2.45) is 0 Å². The number of halogens is 2. The van der Waals surface area contributed by atoms with Gasteiger partial charge in [-0.1, -0.05) is 30.3 Å². The van der Waals surface area contributed by atoms with E-state index < -0.39 is 5.82 Å². The first-order valence-corrected chi connectivity index (χ1v) is 8.93. The summed E-state index contributed by atoms with van der Waals surface area (Å²) in [5, 5.41) is 9.79. The van der Waals surface area contributed by atoms with E-state index in [2.05, 4.69) is 11.6 Å². The van der Waals surface area contributed by atoms with Gasteiger partial charge in [-0.15, -0.1) is 0 Å². The van der Waals surface area contributed by atoms with Crippen molar-refractivity contribution >= 4 is 23.3 Å². The molecule has 2 aromatic rings. The number of carbonyl (C=O) groups excluding carboxylic acids is 1. The van der Waals surface area contributed by atoms with Gasteiger partial charge in [0.25, 0.3) is 5.91 Å². The fraction of sp³-hybridized carbons (Fsp3) is 0.200. The standard InChI is InChI=1S/C20H16ClFN2O3/c1-11-12-6-2-3-7-13(12)20(26)24(11)18-15(22)10-14(21)19(23-18)27-17-9-5-4-8-16(17)25/h4-5,8-10,25H,1-3,6-7H2. The van der Waals surface area contributed by atoms with Gasteiger partial charge in [0.15, 0.2) is 23.1 Å².